The summed E-state index contributed by atoms with van der Waals surface area (Å²) in [6.07, 6.45) is 52.2. The average molecular weight is 944 g/mol. The van der Waals surface area contributed by atoms with Gasteiger partial charge < -0.3 is 29.5 Å². The maximum atomic E-state index is 11.0. The van der Waals surface area contributed by atoms with Gasteiger partial charge in [0.1, 0.15) is 0 Å². The van der Waals surface area contributed by atoms with E-state index in [0.29, 0.717) is 19.3 Å². The Morgan fingerprint density at radius 3 is 0.530 bits per heavy atom. The molecular weight excluding hydrogens is 829 g/mol. The molecule has 0 saturated heterocycles. The predicted molar refractivity (Wildman–Crippen MR) is 278 cm³/mol. The van der Waals surface area contributed by atoms with Crippen molar-refractivity contribution in [2.75, 3.05) is 20.4 Å². The lowest BCUT2D eigenvalue weighted by Gasteiger charge is -2.05. The Labute approximate surface area is 409 Å². The van der Waals surface area contributed by atoms with Crippen LogP contribution in [0.2, 0.25) is 0 Å². The van der Waals surface area contributed by atoms with Crippen molar-refractivity contribution >= 4 is 17.9 Å². The van der Waals surface area contributed by atoms with E-state index < -0.39 is 20.4 Å². The summed E-state index contributed by atoms with van der Waals surface area (Å²) >= 11 is 0. The number of hydrogen-bond donors (Lipinski definition) is 3. The molecule has 0 aliphatic heterocycles. The molecule has 0 aliphatic rings. The summed E-state index contributed by atoms with van der Waals surface area (Å²) in [5.74, 6) is 1.74. The lowest BCUT2D eigenvalue weighted by atomic mass is 10.0. The third-order valence-electron chi connectivity index (χ3n) is 12.4. The predicted octanol–water partition coefficient (Wildman–Crippen LogP) is 16.8. The SMILES string of the molecule is CC(C)CCCCCCCCCCCCCCC(=O)OCO.CC(C)CCCCCCCCCCCCCCC(=O)OCO.CC(C)CCCCCCCCCCCCCCC(=O)OCO. The van der Waals surface area contributed by atoms with E-state index in [-0.39, 0.29) is 17.9 Å². The minimum absolute atomic E-state index is 0.282. The third kappa shape index (κ3) is 68.9. The first-order chi connectivity index (χ1) is 32.0. The van der Waals surface area contributed by atoms with Crippen LogP contribution in [0.3, 0.4) is 0 Å². The van der Waals surface area contributed by atoms with E-state index in [1.807, 2.05) is 0 Å². The maximum Gasteiger partial charge on any atom is 0.307 e. The van der Waals surface area contributed by atoms with Crippen LogP contribution >= 0.6 is 0 Å². The van der Waals surface area contributed by atoms with Crippen molar-refractivity contribution in [3.05, 3.63) is 0 Å². The summed E-state index contributed by atoms with van der Waals surface area (Å²) in [5, 5.41) is 25.3. The Kier molecular flexibility index (Phi) is 61.7. The van der Waals surface area contributed by atoms with Gasteiger partial charge in [0.15, 0.2) is 20.4 Å². The molecule has 0 unspecified atom stereocenters. The molecule has 9 heteroatoms. The quantitative estimate of drug-likeness (QED) is 0.0235. The fourth-order valence-electron chi connectivity index (χ4n) is 8.20. The summed E-state index contributed by atoms with van der Waals surface area (Å²) in [5.41, 5.74) is 0. The van der Waals surface area contributed by atoms with Crippen LogP contribution in [0.25, 0.3) is 0 Å². The van der Waals surface area contributed by atoms with Crippen LogP contribution in [0.15, 0.2) is 0 Å². The smallest absolute Gasteiger partial charge is 0.307 e. The molecule has 0 aromatic heterocycles. The van der Waals surface area contributed by atoms with Gasteiger partial charge in [-0.2, -0.15) is 0 Å². The molecule has 9 nitrogen and oxygen atoms in total. The Morgan fingerprint density at radius 2 is 0.394 bits per heavy atom. The minimum atomic E-state index is -0.490. The fourth-order valence-corrected chi connectivity index (χ4v) is 8.20. The normalized spacial score (nSPS) is 11.1. The zero-order valence-corrected chi connectivity index (χ0v) is 44.8. The number of esters is 3. The topological polar surface area (TPSA) is 140 Å². The van der Waals surface area contributed by atoms with Crippen molar-refractivity contribution in [3.8, 4) is 0 Å². The van der Waals surface area contributed by atoms with E-state index in [4.69, 9.17) is 15.3 Å². The van der Waals surface area contributed by atoms with Crippen LogP contribution in [0, 0.1) is 17.8 Å². The molecule has 0 radical (unpaired) electrons. The molecular formula is C57H114O9. The molecule has 0 aromatic carbocycles. The molecule has 0 saturated carbocycles. The van der Waals surface area contributed by atoms with Gasteiger partial charge in [0.05, 0.1) is 0 Å². The maximum absolute atomic E-state index is 11.0. The molecule has 0 spiro atoms. The lowest BCUT2D eigenvalue weighted by Crippen LogP contribution is -2.04. The number of aliphatic hydroxyl groups excluding tert-OH is 3. The highest BCUT2D eigenvalue weighted by Crippen LogP contribution is 2.17. The second kappa shape index (κ2) is 59.4. The van der Waals surface area contributed by atoms with Gasteiger partial charge in [-0.05, 0) is 37.0 Å². The number of ether oxygens (including phenoxy) is 3. The first-order valence-electron chi connectivity index (χ1n) is 28.3. The first-order valence-corrected chi connectivity index (χ1v) is 28.3. The van der Waals surface area contributed by atoms with Gasteiger partial charge in [-0.25, -0.2) is 0 Å². The fraction of sp³-hybridized carbons (Fsp3) is 0.947. The van der Waals surface area contributed by atoms with Gasteiger partial charge in [-0.1, -0.05) is 273 Å². The Morgan fingerprint density at radius 1 is 0.258 bits per heavy atom. The Balaban J connectivity index is -0.000000902. The van der Waals surface area contributed by atoms with E-state index in [0.717, 1.165) is 56.3 Å². The monoisotopic (exact) mass is 943 g/mol. The van der Waals surface area contributed by atoms with E-state index in [1.165, 1.54) is 212 Å². The highest BCUT2D eigenvalue weighted by Gasteiger charge is 2.04. The molecule has 396 valence electrons. The first kappa shape index (κ1) is 68.6. The standard InChI is InChI=1S/3C19H38O3/c3*1-18(2)15-13-11-9-7-5-3-4-6-8-10-12-14-16-19(21)22-17-20/h3*18,20H,3-17H2,1-2H3. The van der Waals surface area contributed by atoms with Gasteiger partial charge in [-0.3, -0.25) is 14.4 Å². The average Bonchev–Trinajstić information content (AvgIpc) is 3.27. The number of unbranched alkanes of at least 4 members (excludes halogenated alkanes) is 33. The van der Waals surface area contributed by atoms with Crippen LogP contribution in [0.4, 0.5) is 0 Å². The Bertz CT molecular complexity index is 835. The van der Waals surface area contributed by atoms with E-state index >= 15 is 0 Å². The molecule has 66 heavy (non-hydrogen) atoms. The molecule has 0 amide bonds. The zero-order chi connectivity index (χ0) is 49.4. The van der Waals surface area contributed by atoms with Gasteiger partial charge in [0, 0.05) is 19.3 Å². The molecule has 0 heterocycles. The lowest BCUT2D eigenvalue weighted by molar-refractivity contribution is -0.152. The van der Waals surface area contributed by atoms with Gasteiger partial charge >= 0.3 is 17.9 Å². The molecule has 0 aromatic rings. The van der Waals surface area contributed by atoms with E-state index in [9.17, 15) is 14.4 Å². The van der Waals surface area contributed by atoms with Crippen molar-refractivity contribution in [2.45, 2.75) is 311 Å². The molecule has 3 N–H and O–H groups in total. The van der Waals surface area contributed by atoms with Gasteiger partial charge in [0.25, 0.3) is 0 Å². The Hall–Kier alpha value is -1.71. The van der Waals surface area contributed by atoms with Crippen molar-refractivity contribution < 1.29 is 43.9 Å². The number of carbonyl (C=O) groups excluding carboxylic acids is 3. The van der Waals surface area contributed by atoms with Crippen LogP contribution in [0.5, 0.6) is 0 Å². The van der Waals surface area contributed by atoms with E-state index in [2.05, 4.69) is 55.8 Å². The number of aliphatic hydroxyl groups is 3. The van der Waals surface area contributed by atoms with Crippen LogP contribution in [-0.4, -0.2) is 53.6 Å². The highest BCUT2D eigenvalue weighted by molar-refractivity contribution is 5.69. The number of hydrogen-bond acceptors (Lipinski definition) is 9. The number of carbonyl (C=O) groups is 3. The molecule has 0 atom stereocenters. The summed E-state index contributed by atoms with van der Waals surface area (Å²) in [6, 6.07) is 0. The van der Waals surface area contributed by atoms with Gasteiger partial charge in [-0.15, -0.1) is 0 Å². The molecule has 0 fully saturated rings. The van der Waals surface area contributed by atoms with Crippen molar-refractivity contribution in [1.29, 1.82) is 0 Å². The summed E-state index contributed by atoms with van der Waals surface area (Å²) in [4.78, 5) is 33.0. The molecule has 0 aliphatic carbocycles. The van der Waals surface area contributed by atoms with Crippen molar-refractivity contribution in [2.24, 2.45) is 17.8 Å². The van der Waals surface area contributed by atoms with Crippen molar-refractivity contribution in [1.82, 2.24) is 0 Å². The second-order valence-corrected chi connectivity index (χ2v) is 20.5. The summed E-state index contributed by atoms with van der Waals surface area (Å²) < 4.78 is 13.4. The molecule has 0 rings (SSSR count). The van der Waals surface area contributed by atoms with E-state index in [1.54, 1.807) is 0 Å². The largest absolute Gasteiger partial charge is 0.439 e. The second-order valence-electron chi connectivity index (χ2n) is 20.5. The third-order valence-corrected chi connectivity index (χ3v) is 12.4. The highest BCUT2D eigenvalue weighted by atomic mass is 16.6. The van der Waals surface area contributed by atoms with Crippen LogP contribution in [0.1, 0.15) is 311 Å². The zero-order valence-electron chi connectivity index (χ0n) is 44.8. The van der Waals surface area contributed by atoms with Crippen molar-refractivity contribution in [3.63, 3.8) is 0 Å². The minimum Gasteiger partial charge on any atom is -0.439 e. The summed E-state index contributed by atoms with van der Waals surface area (Å²) in [7, 11) is 0. The summed E-state index contributed by atoms with van der Waals surface area (Å²) in [6.45, 7) is 12.4. The number of rotatable bonds is 48. The van der Waals surface area contributed by atoms with Gasteiger partial charge in [0.2, 0.25) is 0 Å². The van der Waals surface area contributed by atoms with Crippen LogP contribution < -0.4 is 0 Å². The molecule has 0 bridgehead atoms. The van der Waals surface area contributed by atoms with Crippen LogP contribution in [-0.2, 0) is 28.6 Å².